The molecule has 0 bridgehead atoms. The Morgan fingerprint density at radius 2 is 2.28 bits per heavy atom. The van der Waals surface area contributed by atoms with Gasteiger partial charge in [-0.2, -0.15) is 0 Å². The van der Waals surface area contributed by atoms with Gasteiger partial charge in [0.15, 0.2) is 4.77 Å². The van der Waals surface area contributed by atoms with Crippen LogP contribution in [0.5, 0.6) is 0 Å². The van der Waals surface area contributed by atoms with Crippen LogP contribution >= 0.6 is 12.2 Å². The molecular weight excluding hydrogens is 257 g/mol. The van der Waals surface area contributed by atoms with Gasteiger partial charge in [-0.3, -0.25) is 4.79 Å². The predicted octanol–water partition coefficient (Wildman–Crippen LogP) is 1.74. The highest BCUT2D eigenvalue weighted by atomic mass is 32.1. The van der Waals surface area contributed by atoms with Crippen molar-refractivity contribution in [2.45, 2.75) is 0 Å². The maximum absolute atomic E-state index is 13.4. The van der Waals surface area contributed by atoms with Crippen LogP contribution in [-0.2, 0) is 4.74 Å². The van der Waals surface area contributed by atoms with Crippen LogP contribution in [0.3, 0.4) is 0 Å². The molecule has 1 aromatic heterocycles. The average Bonchev–Trinajstić information content (AvgIpc) is 2.68. The number of amides is 1. The summed E-state index contributed by atoms with van der Waals surface area (Å²) >= 11 is 4.92. The van der Waals surface area contributed by atoms with Gasteiger partial charge in [0, 0.05) is 13.7 Å². The van der Waals surface area contributed by atoms with Gasteiger partial charge in [0.2, 0.25) is 0 Å². The van der Waals surface area contributed by atoms with Crippen LogP contribution < -0.4 is 5.32 Å². The summed E-state index contributed by atoms with van der Waals surface area (Å²) in [6, 6.07) is 2.46. The molecule has 1 amide bonds. The minimum absolute atomic E-state index is 0.216. The zero-order valence-corrected chi connectivity index (χ0v) is 10.5. The van der Waals surface area contributed by atoms with Crippen molar-refractivity contribution in [3.63, 3.8) is 0 Å². The Bertz CT molecular complexity index is 635. The van der Waals surface area contributed by atoms with Gasteiger partial charge in [-0.25, -0.2) is 4.39 Å². The fraction of sp³-hybridized carbons (Fsp3) is 0.273. The molecule has 1 heterocycles. The molecule has 0 aliphatic heterocycles. The lowest BCUT2D eigenvalue weighted by Crippen LogP contribution is -2.27. The summed E-state index contributed by atoms with van der Waals surface area (Å²) in [4.78, 5) is 17.5. The zero-order valence-electron chi connectivity index (χ0n) is 9.67. The largest absolute Gasteiger partial charge is 0.383 e. The Kier molecular flexibility index (Phi) is 3.73. The lowest BCUT2D eigenvalue weighted by molar-refractivity contribution is 0.0938. The number of H-pyrrole nitrogens is 2. The summed E-state index contributed by atoms with van der Waals surface area (Å²) in [5.41, 5.74) is 1.18. The maximum Gasteiger partial charge on any atom is 0.253 e. The van der Waals surface area contributed by atoms with Crippen molar-refractivity contribution in [1.29, 1.82) is 0 Å². The van der Waals surface area contributed by atoms with Gasteiger partial charge in [0.1, 0.15) is 5.82 Å². The first-order valence-electron chi connectivity index (χ1n) is 5.30. The van der Waals surface area contributed by atoms with Crippen LogP contribution in [0.1, 0.15) is 10.4 Å². The number of methoxy groups -OCH3 is 1. The van der Waals surface area contributed by atoms with E-state index in [2.05, 4.69) is 15.3 Å². The molecule has 0 fully saturated rings. The molecule has 0 atom stereocenters. The highest BCUT2D eigenvalue weighted by Crippen LogP contribution is 2.17. The molecule has 0 unspecified atom stereocenters. The van der Waals surface area contributed by atoms with Crippen molar-refractivity contribution in [2.24, 2.45) is 0 Å². The topological polar surface area (TPSA) is 69.9 Å². The summed E-state index contributed by atoms with van der Waals surface area (Å²) in [5, 5.41) is 2.63. The van der Waals surface area contributed by atoms with Crippen molar-refractivity contribution >= 4 is 29.2 Å². The zero-order chi connectivity index (χ0) is 13.1. The van der Waals surface area contributed by atoms with Gasteiger partial charge in [-0.1, -0.05) is 0 Å². The molecule has 5 nitrogen and oxygen atoms in total. The number of ether oxygens (including phenoxy) is 1. The first-order chi connectivity index (χ1) is 8.61. The number of imidazole rings is 1. The van der Waals surface area contributed by atoms with Gasteiger partial charge >= 0.3 is 0 Å². The molecule has 1 aromatic carbocycles. The van der Waals surface area contributed by atoms with Crippen LogP contribution in [0.4, 0.5) is 4.39 Å². The number of nitrogens with one attached hydrogen (secondary N) is 3. The van der Waals surface area contributed by atoms with Gasteiger partial charge < -0.3 is 20.0 Å². The minimum atomic E-state index is -0.496. The van der Waals surface area contributed by atoms with E-state index in [1.54, 1.807) is 0 Å². The fourth-order valence-electron chi connectivity index (χ4n) is 1.65. The van der Waals surface area contributed by atoms with Gasteiger partial charge in [-0.05, 0) is 24.4 Å². The number of hydrogen-bond acceptors (Lipinski definition) is 3. The summed E-state index contributed by atoms with van der Waals surface area (Å²) in [7, 11) is 1.54. The number of halogens is 1. The second-order valence-corrected chi connectivity index (χ2v) is 4.11. The van der Waals surface area contributed by atoms with Crippen molar-refractivity contribution in [2.75, 3.05) is 20.3 Å². The molecule has 18 heavy (non-hydrogen) atoms. The van der Waals surface area contributed by atoms with Gasteiger partial charge in [0.05, 0.1) is 23.2 Å². The molecular formula is C11H12FN3O2S. The molecule has 0 saturated carbocycles. The molecule has 2 rings (SSSR count). The van der Waals surface area contributed by atoms with Crippen LogP contribution in [-0.4, -0.2) is 36.1 Å². The minimum Gasteiger partial charge on any atom is -0.383 e. The lowest BCUT2D eigenvalue weighted by atomic mass is 10.1. The van der Waals surface area contributed by atoms with Crippen molar-refractivity contribution in [3.05, 3.63) is 28.3 Å². The standard InChI is InChI=1S/C11H12FN3O2S/c1-17-3-2-13-10(16)7-4-6(12)5-8-9(7)15-11(18)14-8/h4-5H,2-3H2,1H3,(H,13,16)(H2,14,15,18). The van der Waals surface area contributed by atoms with E-state index >= 15 is 0 Å². The first-order valence-corrected chi connectivity index (χ1v) is 5.71. The smallest absolute Gasteiger partial charge is 0.253 e. The van der Waals surface area contributed by atoms with E-state index in [-0.39, 0.29) is 11.5 Å². The Labute approximate surface area is 107 Å². The van der Waals surface area contributed by atoms with Crippen molar-refractivity contribution in [1.82, 2.24) is 15.3 Å². The lowest BCUT2D eigenvalue weighted by Gasteiger charge is -2.05. The number of rotatable bonds is 4. The number of benzene rings is 1. The summed E-state index contributed by atoms with van der Waals surface area (Å²) in [5.74, 6) is -0.869. The average molecular weight is 269 g/mol. The predicted molar refractivity (Wildman–Crippen MR) is 67.7 cm³/mol. The second kappa shape index (κ2) is 5.28. The molecule has 0 spiro atoms. The van der Waals surface area contributed by atoms with E-state index in [0.717, 1.165) is 0 Å². The third-order valence-corrected chi connectivity index (χ3v) is 2.63. The Morgan fingerprint density at radius 1 is 1.50 bits per heavy atom. The highest BCUT2D eigenvalue weighted by Gasteiger charge is 2.13. The number of aromatic amines is 2. The second-order valence-electron chi connectivity index (χ2n) is 3.70. The van der Waals surface area contributed by atoms with Gasteiger partial charge in [-0.15, -0.1) is 0 Å². The number of carbonyl (C=O) groups excluding carboxylic acids is 1. The van der Waals surface area contributed by atoms with Crippen molar-refractivity contribution in [3.8, 4) is 0 Å². The normalized spacial score (nSPS) is 10.8. The van der Waals surface area contributed by atoms with Crippen LogP contribution in [0.2, 0.25) is 0 Å². The molecule has 2 aromatic rings. The molecule has 3 N–H and O–H groups in total. The number of hydrogen-bond donors (Lipinski definition) is 3. The molecule has 0 aliphatic rings. The van der Waals surface area contributed by atoms with Crippen LogP contribution in [0, 0.1) is 10.6 Å². The molecule has 0 radical (unpaired) electrons. The molecule has 7 heteroatoms. The Balaban J connectivity index is 2.36. The van der Waals surface area contributed by atoms with Gasteiger partial charge in [0.25, 0.3) is 5.91 Å². The Hall–Kier alpha value is -1.73. The highest BCUT2D eigenvalue weighted by molar-refractivity contribution is 7.71. The summed E-state index contributed by atoms with van der Waals surface area (Å²) < 4.78 is 18.6. The van der Waals surface area contributed by atoms with E-state index in [9.17, 15) is 9.18 Å². The Morgan fingerprint density at radius 3 is 3.00 bits per heavy atom. The van der Waals surface area contributed by atoms with E-state index in [4.69, 9.17) is 17.0 Å². The monoisotopic (exact) mass is 269 g/mol. The molecule has 0 aliphatic carbocycles. The van der Waals surface area contributed by atoms with E-state index < -0.39 is 5.82 Å². The third-order valence-electron chi connectivity index (χ3n) is 2.43. The van der Waals surface area contributed by atoms with E-state index in [0.29, 0.717) is 29.0 Å². The number of aromatic nitrogens is 2. The number of carbonyl (C=O) groups is 1. The number of fused-ring (bicyclic) bond motifs is 1. The molecule has 96 valence electrons. The van der Waals surface area contributed by atoms with Crippen molar-refractivity contribution < 1.29 is 13.9 Å². The summed E-state index contributed by atoms with van der Waals surface area (Å²) in [6.45, 7) is 0.756. The van der Waals surface area contributed by atoms with E-state index in [1.807, 2.05) is 0 Å². The third kappa shape index (κ3) is 2.57. The van der Waals surface area contributed by atoms with Crippen LogP contribution in [0.15, 0.2) is 12.1 Å². The quantitative estimate of drug-likeness (QED) is 0.585. The molecule has 0 saturated heterocycles. The maximum atomic E-state index is 13.4. The van der Waals surface area contributed by atoms with Crippen LogP contribution in [0.25, 0.3) is 11.0 Å². The fourth-order valence-corrected chi connectivity index (χ4v) is 1.86. The first kappa shape index (κ1) is 12.7. The summed E-state index contributed by atoms with van der Waals surface area (Å²) in [6.07, 6.45) is 0. The van der Waals surface area contributed by atoms with E-state index in [1.165, 1.54) is 19.2 Å². The SMILES string of the molecule is COCCNC(=O)c1cc(F)cc2[nH]c(=S)[nH]c12.